The lowest BCUT2D eigenvalue weighted by molar-refractivity contribution is -0.124. The lowest BCUT2D eigenvalue weighted by Crippen LogP contribution is -2.52. The molecule has 6 nitrogen and oxygen atoms in total. The average Bonchev–Trinajstić information content (AvgIpc) is 3.08. The van der Waals surface area contributed by atoms with E-state index in [9.17, 15) is 9.59 Å². The van der Waals surface area contributed by atoms with Crippen LogP contribution in [0, 0.1) is 17.8 Å². The summed E-state index contributed by atoms with van der Waals surface area (Å²) in [5.41, 5.74) is 0. The Balaban J connectivity index is 1.40. The van der Waals surface area contributed by atoms with Gasteiger partial charge in [0.05, 0.1) is 18.8 Å². The number of carbonyl (C=O) groups excluding carboxylic acids is 2. The molecule has 3 aliphatic rings. The SMILES string of the molecule is CC1CN(CC(=O)NC(=O)NC(C)C2CC3CCC2C3)CC(C)O1. The number of nitrogens with one attached hydrogen (secondary N) is 2. The van der Waals surface area contributed by atoms with Gasteiger partial charge in [-0.1, -0.05) is 6.42 Å². The molecule has 3 fully saturated rings. The molecule has 1 aliphatic heterocycles. The molecule has 1 heterocycles. The Hall–Kier alpha value is -1.14. The molecule has 2 N–H and O–H groups in total. The van der Waals surface area contributed by atoms with Gasteiger partial charge >= 0.3 is 6.03 Å². The molecule has 3 amide bonds. The van der Waals surface area contributed by atoms with Gasteiger partial charge in [-0.25, -0.2) is 4.79 Å². The second-order valence-corrected chi connectivity index (χ2v) is 8.10. The first-order chi connectivity index (χ1) is 11.4. The number of nitrogens with zero attached hydrogens (tertiary/aromatic N) is 1. The highest BCUT2D eigenvalue weighted by atomic mass is 16.5. The number of urea groups is 1. The molecule has 3 rings (SSSR count). The van der Waals surface area contributed by atoms with E-state index in [2.05, 4.69) is 17.6 Å². The predicted octanol–water partition coefficient (Wildman–Crippen LogP) is 1.75. The van der Waals surface area contributed by atoms with E-state index in [1.54, 1.807) is 0 Å². The fraction of sp³-hybridized carbons (Fsp3) is 0.889. The Labute approximate surface area is 144 Å². The highest BCUT2D eigenvalue weighted by Gasteiger charge is 2.42. The lowest BCUT2D eigenvalue weighted by atomic mass is 9.84. The highest BCUT2D eigenvalue weighted by molar-refractivity contribution is 5.95. The number of fused-ring (bicyclic) bond motifs is 2. The van der Waals surface area contributed by atoms with Gasteiger partial charge in [0.2, 0.25) is 5.91 Å². The van der Waals surface area contributed by atoms with E-state index in [1.165, 1.54) is 25.7 Å². The lowest BCUT2D eigenvalue weighted by Gasteiger charge is -2.34. The molecule has 6 unspecified atom stereocenters. The van der Waals surface area contributed by atoms with Crippen molar-refractivity contribution in [1.29, 1.82) is 0 Å². The van der Waals surface area contributed by atoms with E-state index in [0.717, 1.165) is 24.9 Å². The van der Waals surface area contributed by atoms with Crippen molar-refractivity contribution < 1.29 is 14.3 Å². The quantitative estimate of drug-likeness (QED) is 0.820. The van der Waals surface area contributed by atoms with Crippen molar-refractivity contribution in [3.63, 3.8) is 0 Å². The van der Waals surface area contributed by atoms with Crippen molar-refractivity contribution in [3.8, 4) is 0 Å². The van der Waals surface area contributed by atoms with Gasteiger partial charge in [0.25, 0.3) is 0 Å². The standard InChI is InChI=1S/C18H31N3O3/c1-11-8-21(9-12(2)24-11)10-17(22)20-18(23)19-13(3)16-7-14-4-5-15(16)6-14/h11-16H,4-10H2,1-3H3,(H2,19,20,22,23). The summed E-state index contributed by atoms with van der Waals surface area (Å²) in [5, 5.41) is 5.46. The van der Waals surface area contributed by atoms with Crippen molar-refractivity contribution in [2.24, 2.45) is 17.8 Å². The zero-order valence-electron chi connectivity index (χ0n) is 15.1. The maximum absolute atomic E-state index is 12.1. The van der Waals surface area contributed by atoms with Gasteiger partial charge in [0, 0.05) is 19.1 Å². The second-order valence-electron chi connectivity index (χ2n) is 8.10. The van der Waals surface area contributed by atoms with E-state index in [-0.39, 0.29) is 36.7 Å². The molecule has 2 saturated carbocycles. The normalized spacial score (nSPS) is 37.2. The smallest absolute Gasteiger partial charge is 0.321 e. The van der Waals surface area contributed by atoms with Crippen molar-refractivity contribution in [2.75, 3.05) is 19.6 Å². The molecule has 6 heteroatoms. The Morgan fingerprint density at radius 2 is 1.88 bits per heavy atom. The summed E-state index contributed by atoms with van der Waals surface area (Å²) >= 11 is 0. The predicted molar refractivity (Wildman–Crippen MR) is 91.5 cm³/mol. The summed E-state index contributed by atoms with van der Waals surface area (Å²) < 4.78 is 5.66. The minimum atomic E-state index is -0.357. The van der Waals surface area contributed by atoms with Crippen LogP contribution < -0.4 is 10.6 Å². The highest BCUT2D eigenvalue weighted by Crippen LogP contribution is 2.49. The first-order valence-corrected chi connectivity index (χ1v) is 9.39. The van der Waals surface area contributed by atoms with Gasteiger partial charge in [-0.3, -0.25) is 15.0 Å². The Kier molecular flexibility index (Phi) is 5.45. The van der Waals surface area contributed by atoms with Crippen LogP contribution in [0.2, 0.25) is 0 Å². The number of hydrogen-bond donors (Lipinski definition) is 2. The average molecular weight is 337 g/mol. The molecule has 0 aromatic rings. The molecule has 2 bridgehead atoms. The van der Waals surface area contributed by atoms with Crippen LogP contribution in [0.1, 0.15) is 46.5 Å². The maximum Gasteiger partial charge on any atom is 0.321 e. The summed E-state index contributed by atoms with van der Waals surface area (Å²) in [6.45, 7) is 7.77. The minimum absolute atomic E-state index is 0.119. The number of amides is 3. The number of hydrogen-bond acceptors (Lipinski definition) is 4. The number of ether oxygens (including phenoxy) is 1. The summed E-state index contributed by atoms with van der Waals surface area (Å²) in [6.07, 6.45) is 5.44. The third-order valence-corrected chi connectivity index (χ3v) is 5.91. The van der Waals surface area contributed by atoms with Crippen LogP contribution in [-0.2, 0) is 9.53 Å². The molecule has 1 saturated heterocycles. The van der Waals surface area contributed by atoms with Crippen LogP contribution in [0.25, 0.3) is 0 Å². The van der Waals surface area contributed by atoms with Crippen molar-refractivity contribution in [2.45, 2.75) is 64.7 Å². The number of rotatable bonds is 4. The van der Waals surface area contributed by atoms with Crippen LogP contribution in [0.4, 0.5) is 4.79 Å². The Bertz CT molecular complexity index is 474. The van der Waals surface area contributed by atoms with Gasteiger partial charge in [-0.2, -0.15) is 0 Å². The van der Waals surface area contributed by atoms with Crippen LogP contribution in [0.3, 0.4) is 0 Å². The van der Waals surface area contributed by atoms with E-state index < -0.39 is 0 Å². The van der Waals surface area contributed by atoms with Gasteiger partial charge in [-0.05, 0) is 57.8 Å². The van der Waals surface area contributed by atoms with Crippen LogP contribution >= 0.6 is 0 Å². The molecule has 136 valence electrons. The fourth-order valence-corrected chi connectivity index (χ4v) is 5.04. The first-order valence-electron chi connectivity index (χ1n) is 9.39. The van der Waals surface area contributed by atoms with Gasteiger partial charge in [0.1, 0.15) is 0 Å². The number of morpholine rings is 1. The molecule has 24 heavy (non-hydrogen) atoms. The number of carbonyl (C=O) groups is 2. The molecule has 0 aromatic heterocycles. The summed E-state index contributed by atoms with van der Waals surface area (Å²) in [5.74, 6) is 1.95. The number of imide groups is 1. The molecule has 0 radical (unpaired) electrons. The summed E-state index contributed by atoms with van der Waals surface area (Å²) in [4.78, 5) is 26.3. The molecule has 2 aliphatic carbocycles. The Morgan fingerprint density at radius 1 is 1.17 bits per heavy atom. The van der Waals surface area contributed by atoms with E-state index in [0.29, 0.717) is 5.92 Å². The third-order valence-electron chi connectivity index (χ3n) is 5.91. The van der Waals surface area contributed by atoms with Crippen molar-refractivity contribution >= 4 is 11.9 Å². The van der Waals surface area contributed by atoms with Crippen LogP contribution in [-0.4, -0.2) is 54.7 Å². The molecule has 0 aromatic carbocycles. The minimum Gasteiger partial charge on any atom is -0.373 e. The monoisotopic (exact) mass is 337 g/mol. The largest absolute Gasteiger partial charge is 0.373 e. The first kappa shape index (κ1) is 17.7. The second kappa shape index (κ2) is 7.40. The Morgan fingerprint density at radius 3 is 2.46 bits per heavy atom. The molecular weight excluding hydrogens is 306 g/mol. The van der Waals surface area contributed by atoms with Gasteiger partial charge in [-0.15, -0.1) is 0 Å². The topological polar surface area (TPSA) is 70.7 Å². The van der Waals surface area contributed by atoms with Gasteiger partial charge < -0.3 is 10.1 Å². The third kappa shape index (κ3) is 4.28. The fourth-order valence-electron chi connectivity index (χ4n) is 5.04. The summed E-state index contributed by atoms with van der Waals surface area (Å²) in [6, 6.07) is -0.221. The van der Waals surface area contributed by atoms with Crippen LogP contribution in [0.5, 0.6) is 0 Å². The van der Waals surface area contributed by atoms with E-state index in [1.807, 2.05) is 18.7 Å². The zero-order valence-corrected chi connectivity index (χ0v) is 15.1. The van der Waals surface area contributed by atoms with Crippen LogP contribution in [0.15, 0.2) is 0 Å². The van der Waals surface area contributed by atoms with Crippen molar-refractivity contribution in [1.82, 2.24) is 15.5 Å². The maximum atomic E-state index is 12.1. The molecule has 6 atom stereocenters. The van der Waals surface area contributed by atoms with E-state index >= 15 is 0 Å². The van der Waals surface area contributed by atoms with Gasteiger partial charge in [0.15, 0.2) is 0 Å². The van der Waals surface area contributed by atoms with Crippen molar-refractivity contribution in [3.05, 3.63) is 0 Å². The molecule has 0 spiro atoms. The zero-order chi connectivity index (χ0) is 17.3. The molecular formula is C18H31N3O3. The van der Waals surface area contributed by atoms with E-state index in [4.69, 9.17) is 4.74 Å². The summed E-state index contributed by atoms with van der Waals surface area (Å²) in [7, 11) is 0.